The first-order valence-corrected chi connectivity index (χ1v) is 9.87. The second kappa shape index (κ2) is 10.0. The summed E-state index contributed by atoms with van der Waals surface area (Å²) in [5, 5.41) is 0. The standard InChI is InChI=1S/C23H28N2O3/c1-28-21-9-5-6-19(18-21)10-11-23(27)25-16-14-24(15-17-25)13-12-22(26)20-7-3-2-4-8-20/h2-9,18H,10-17H2,1H3. The fraction of sp³-hybridized carbons (Fsp3) is 0.391. The molecule has 0 saturated carbocycles. The third kappa shape index (κ3) is 5.67. The van der Waals surface area contributed by atoms with Crippen LogP contribution in [0.15, 0.2) is 54.6 Å². The van der Waals surface area contributed by atoms with E-state index in [9.17, 15) is 9.59 Å². The van der Waals surface area contributed by atoms with Gasteiger partial charge in [0.2, 0.25) is 5.91 Å². The van der Waals surface area contributed by atoms with E-state index in [2.05, 4.69) is 4.90 Å². The van der Waals surface area contributed by atoms with Gasteiger partial charge in [-0.1, -0.05) is 42.5 Å². The van der Waals surface area contributed by atoms with Crippen molar-refractivity contribution in [1.82, 2.24) is 9.80 Å². The highest BCUT2D eigenvalue weighted by Crippen LogP contribution is 2.15. The van der Waals surface area contributed by atoms with Gasteiger partial charge in [0, 0.05) is 51.1 Å². The molecule has 148 valence electrons. The second-order valence-corrected chi connectivity index (χ2v) is 7.11. The largest absolute Gasteiger partial charge is 0.497 e. The number of amides is 1. The highest BCUT2D eigenvalue weighted by Gasteiger charge is 2.21. The molecule has 0 unspecified atom stereocenters. The van der Waals surface area contributed by atoms with Crippen LogP contribution < -0.4 is 4.74 Å². The second-order valence-electron chi connectivity index (χ2n) is 7.11. The van der Waals surface area contributed by atoms with E-state index in [4.69, 9.17) is 4.74 Å². The summed E-state index contributed by atoms with van der Waals surface area (Å²) in [4.78, 5) is 28.9. The summed E-state index contributed by atoms with van der Waals surface area (Å²) >= 11 is 0. The van der Waals surface area contributed by atoms with E-state index < -0.39 is 0 Å². The number of ketones is 1. The number of hydrogen-bond acceptors (Lipinski definition) is 4. The van der Waals surface area contributed by atoms with Gasteiger partial charge in [-0.2, -0.15) is 0 Å². The molecule has 5 nitrogen and oxygen atoms in total. The van der Waals surface area contributed by atoms with Crippen molar-refractivity contribution in [2.75, 3.05) is 39.8 Å². The van der Waals surface area contributed by atoms with Crippen LogP contribution >= 0.6 is 0 Å². The number of rotatable bonds is 8. The van der Waals surface area contributed by atoms with Crippen LogP contribution in [0.25, 0.3) is 0 Å². The molecule has 1 aliphatic heterocycles. The van der Waals surface area contributed by atoms with Gasteiger partial charge < -0.3 is 9.64 Å². The number of benzene rings is 2. The van der Waals surface area contributed by atoms with E-state index in [-0.39, 0.29) is 11.7 Å². The van der Waals surface area contributed by atoms with Crippen LogP contribution in [-0.4, -0.2) is 61.3 Å². The highest BCUT2D eigenvalue weighted by atomic mass is 16.5. The van der Waals surface area contributed by atoms with Gasteiger partial charge in [0.15, 0.2) is 5.78 Å². The fourth-order valence-corrected chi connectivity index (χ4v) is 3.49. The van der Waals surface area contributed by atoms with E-state index in [1.807, 2.05) is 59.5 Å². The van der Waals surface area contributed by atoms with Gasteiger partial charge in [-0.15, -0.1) is 0 Å². The van der Waals surface area contributed by atoms with E-state index in [0.29, 0.717) is 12.8 Å². The number of hydrogen-bond donors (Lipinski definition) is 0. The summed E-state index contributed by atoms with van der Waals surface area (Å²) in [6.45, 7) is 3.87. The monoisotopic (exact) mass is 380 g/mol. The van der Waals surface area contributed by atoms with Crippen LogP contribution in [0.3, 0.4) is 0 Å². The third-order valence-corrected chi connectivity index (χ3v) is 5.24. The quantitative estimate of drug-likeness (QED) is 0.661. The lowest BCUT2D eigenvalue weighted by Crippen LogP contribution is -2.49. The molecule has 2 aromatic rings. The predicted octanol–water partition coefficient (Wildman–Crippen LogP) is 3.05. The van der Waals surface area contributed by atoms with Crippen molar-refractivity contribution >= 4 is 11.7 Å². The lowest BCUT2D eigenvalue weighted by molar-refractivity contribution is -0.132. The summed E-state index contributed by atoms with van der Waals surface area (Å²) in [6, 6.07) is 17.3. The van der Waals surface area contributed by atoms with E-state index in [1.165, 1.54) is 0 Å². The van der Waals surface area contributed by atoms with Crippen molar-refractivity contribution in [3.05, 3.63) is 65.7 Å². The normalized spacial score (nSPS) is 14.7. The molecule has 0 N–H and O–H groups in total. The minimum absolute atomic E-state index is 0.178. The first kappa shape index (κ1) is 20.1. The minimum atomic E-state index is 0.178. The fourth-order valence-electron chi connectivity index (χ4n) is 3.49. The predicted molar refractivity (Wildman–Crippen MR) is 110 cm³/mol. The molecule has 0 radical (unpaired) electrons. The molecule has 1 heterocycles. The van der Waals surface area contributed by atoms with E-state index >= 15 is 0 Å². The molecule has 0 spiro atoms. The Hall–Kier alpha value is -2.66. The van der Waals surface area contributed by atoms with E-state index in [0.717, 1.165) is 56.0 Å². The molecule has 1 aliphatic rings. The van der Waals surface area contributed by atoms with Crippen molar-refractivity contribution < 1.29 is 14.3 Å². The molecular formula is C23H28N2O3. The van der Waals surface area contributed by atoms with Crippen molar-refractivity contribution in [2.24, 2.45) is 0 Å². The Balaban J connectivity index is 1.38. The number of Topliss-reactive ketones (excluding diaryl/α,β-unsaturated/α-hetero) is 1. The Labute approximate surface area is 166 Å². The van der Waals surface area contributed by atoms with Gasteiger partial charge in [0.05, 0.1) is 7.11 Å². The van der Waals surface area contributed by atoms with Crippen LogP contribution in [-0.2, 0) is 11.2 Å². The van der Waals surface area contributed by atoms with Gasteiger partial charge >= 0.3 is 0 Å². The number of carbonyl (C=O) groups is 2. The summed E-state index contributed by atoms with van der Waals surface area (Å²) in [5.41, 5.74) is 1.89. The zero-order chi connectivity index (χ0) is 19.8. The molecule has 0 aliphatic carbocycles. The van der Waals surface area contributed by atoms with E-state index in [1.54, 1.807) is 7.11 Å². The minimum Gasteiger partial charge on any atom is -0.497 e. The zero-order valence-electron chi connectivity index (χ0n) is 16.5. The maximum atomic E-state index is 12.5. The maximum Gasteiger partial charge on any atom is 0.222 e. The third-order valence-electron chi connectivity index (χ3n) is 5.24. The zero-order valence-corrected chi connectivity index (χ0v) is 16.5. The summed E-state index contributed by atoms with van der Waals surface area (Å²) in [7, 11) is 1.65. The van der Waals surface area contributed by atoms with Crippen molar-refractivity contribution in [2.45, 2.75) is 19.3 Å². The molecule has 1 amide bonds. The average Bonchev–Trinajstić information content (AvgIpc) is 2.77. The SMILES string of the molecule is COc1cccc(CCC(=O)N2CCN(CCC(=O)c3ccccc3)CC2)c1. The Morgan fingerprint density at radius 2 is 1.68 bits per heavy atom. The molecule has 1 fully saturated rings. The van der Waals surface area contributed by atoms with Gasteiger partial charge in [-0.3, -0.25) is 14.5 Å². The van der Waals surface area contributed by atoms with Gasteiger partial charge in [0.1, 0.15) is 5.75 Å². The Bertz CT molecular complexity index is 783. The first-order chi connectivity index (χ1) is 13.7. The molecule has 0 atom stereocenters. The summed E-state index contributed by atoms with van der Waals surface area (Å²) in [5.74, 6) is 1.20. The van der Waals surface area contributed by atoms with Crippen LogP contribution in [0, 0.1) is 0 Å². The topological polar surface area (TPSA) is 49.9 Å². The lowest BCUT2D eigenvalue weighted by Gasteiger charge is -2.34. The average molecular weight is 380 g/mol. The van der Waals surface area contributed by atoms with Crippen LogP contribution in [0.4, 0.5) is 0 Å². The number of piperazine rings is 1. The maximum absolute atomic E-state index is 12.5. The Morgan fingerprint density at radius 1 is 0.929 bits per heavy atom. The number of ether oxygens (including phenoxy) is 1. The van der Waals surface area contributed by atoms with Crippen molar-refractivity contribution in [1.29, 1.82) is 0 Å². The Morgan fingerprint density at radius 3 is 2.39 bits per heavy atom. The van der Waals surface area contributed by atoms with Gasteiger partial charge in [-0.25, -0.2) is 0 Å². The number of methoxy groups -OCH3 is 1. The molecule has 0 aromatic heterocycles. The smallest absolute Gasteiger partial charge is 0.222 e. The Kier molecular flexibility index (Phi) is 7.20. The van der Waals surface area contributed by atoms with Crippen LogP contribution in [0.5, 0.6) is 5.75 Å². The summed E-state index contributed by atoms with van der Waals surface area (Å²) < 4.78 is 5.23. The summed E-state index contributed by atoms with van der Waals surface area (Å²) in [6.07, 6.45) is 1.76. The molecule has 3 rings (SSSR count). The molecule has 0 bridgehead atoms. The van der Waals surface area contributed by atoms with Crippen LogP contribution in [0.2, 0.25) is 0 Å². The highest BCUT2D eigenvalue weighted by molar-refractivity contribution is 5.96. The molecule has 5 heteroatoms. The first-order valence-electron chi connectivity index (χ1n) is 9.87. The van der Waals surface area contributed by atoms with Crippen LogP contribution in [0.1, 0.15) is 28.8 Å². The number of carbonyl (C=O) groups excluding carboxylic acids is 2. The molecule has 1 saturated heterocycles. The molecular weight excluding hydrogens is 352 g/mol. The molecule has 2 aromatic carbocycles. The molecule has 28 heavy (non-hydrogen) atoms. The van der Waals surface area contributed by atoms with Gasteiger partial charge in [-0.05, 0) is 24.1 Å². The number of aryl methyl sites for hydroxylation is 1. The van der Waals surface area contributed by atoms with Crippen molar-refractivity contribution in [3.8, 4) is 5.75 Å². The lowest BCUT2D eigenvalue weighted by atomic mass is 10.1. The number of nitrogens with zero attached hydrogens (tertiary/aromatic N) is 2. The van der Waals surface area contributed by atoms with Crippen molar-refractivity contribution in [3.63, 3.8) is 0 Å². The van der Waals surface area contributed by atoms with Gasteiger partial charge in [0.25, 0.3) is 0 Å².